The summed E-state index contributed by atoms with van der Waals surface area (Å²) in [6, 6.07) is 15.9. The molecule has 5 nitrogen and oxygen atoms in total. The summed E-state index contributed by atoms with van der Waals surface area (Å²) in [7, 11) is 0. The first-order valence-electron chi connectivity index (χ1n) is 10.7. The van der Waals surface area contributed by atoms with Crippen LogP contribution in [-0.4, -0.2) is 22.5 Å². The lowest BCUT2D eigenvalue weighted by atomic mass is 9.97. The van der Waals surface area contributed by atoms with Crippen molar-refractivity contribution in [1.82, 2.24) is 9.97 Å². The van der Waals surface area contributed by atoms with Crippen LogP contribution in [0.5, 0.6) is 5.75 Å². The Morgan fingerprint density at radius 1 is 1.06 bits per heavy atom. The molecule has 1 amide bonds. The number of thiazole rings is 1. The van der Waals surface area contributed by atoms with E-state index in [1.54, 1.807) is 11.1 Å². The molecule has 0 aliphatic heterocycles. The molecular formula is C26H27N3O2S. The first kappa shape index (κ1) is 22.0. The predicted molar refractivity (Wildman–Crippen MR) is 131 cm³/mol. The van der Waals surface area contributed by atoms with Gasteiger partial charge in [0.2, 0.25) is 5.91 Å². The van der Waals surface area contributed by atoms with Crippen LogP contribution in [0.1, 0.15) is 34.9 Å². The topological polar surface area (TPSA) is 55.3 Å². The van der Waals surface area contributed by atoms with E-state index in [1.807, 2.05) is 43.3 Å². The van der Waals surface area contributed by atoms with E-state index < -0.39 is 0 Å². The highest BCUT2D eigenvalue weighted by Gasteiger charge is 2.22. The Hall–Kier alpha value is -3.25. The molecule has 0 aliphatic carbocycles. The van der Waals surface area contributed by atoms with Gasteiger partial charge in [0.15, 0.2) is 5.13 Å². The first-order chi connectivity index (χ1) is 15.4. The molecule has 0 bridgehead atoms. The number of nitrogens with zero attached hydrogens (tertiary/aromatic N) is 3. The fourth-order valence-electron chi connectivity index (χ4n) is 3.92. The van der Waals surface area contributed by atoms with Gasteiger partial charge in [-0.05, 0) is 74.7 Å². The molecule has 0 saturated heterocycles. The van der Waals surface area contributed by atoms with Crippen LogP contribution in [0.4, 0.5) is 5.13 Å². The van der Waals surface area contributed by atoms with Crippen molar-refractivity contribution >= 4 is 32.6 Å². The number of benzene rings is 2. The van der Waals surface area contributed by atoms with Crippen molar-refractivity contribution in [3.05, 3.63) is 82.7 Å². The third-order valence-corrected chi connectivity index (χ3v) is 6.45. The number of anilines is 1. The summed E-state index contributed by atoms with van der Waals surface area (Å²) in [5, 5.41) is 0.673. The number of carbonyl (C=O) groups excluding carboxylic acids is 1. The maximum Gasteiger partial charge on any atom is 0.233 e. The van der Waals surface area contributed by atoms with E-state index in [1.165, 1.54) is 16.9 Å². The second-order valence-electron chi connectivity index (χ2n) is 7.91. The lowest BCUT2D eigenvalue weighted by Crippen LogP contribution is -2.32. The van der Waals surface area contributed by atoms with E-state index in [-0.39, 0.29) is 5.91 Å². The first-order valence-corrected chi connectivity index (χ1v) is 11.6. The molecule has 32 heavy (non-hydrogen) atoms. The molecule has 0 saturated carbocycles. The summed E-state index contributed by atoms with van der Waals surface area (Å²) in [6.45, 7) is 9.16. The molecule has 0 radical (unpaired) electrons. The van der Waals surface area contributed by atoms with E-state index in [0.29, 0.717) is 24.7 Å². The second kappa shape index (κ2) is 9.49. The third-order valence-electron chi connectivity index (χ3n) is 5.41. The fraction of sp³-hybridized carbons (Fsp3) is 0.269. The summed E-state index contributed by atoms with van der Waals surface area (Å²) in [4.78, 5) is 24.6. The number of carbonyl (C=O) groups is 1. The maximum absolute atomic E-state index is 13.6. The van der Waals surface area contributed by atoms with Gasteiger partial charge in [0, 0.05) is 6.20 Å². The van der Waals surface area contributed by atoms with Gasteiger partial charge in [-0.2, -0.15) is 0 Å². The molecule has 2 aromatic heterocycles. The Bertz CT molecular complexity index is 1230. The van der Waals surface area contributed by atoms with Gasteiger partial charge in [0.05, 0.1) is 35.5 Å². The summed E-state index contributed by atoms with van der Waals surface area (Å²) < 4.78 is 6.62. The monoisotopic (exact) mass is 445 g/mol. The average molecular weight is 446 g/mol. The van der Waals surface area contributed by atoms with Crippen molar-refractivity contribution < 1.29 is 9.53 Å². The number of amides is 1. The molecule has 6 heteroatoms. The van der Waals surface area contributed by atoms with Gasteiger partial charge < -0.3 is 4.74 Å². The number of fused-ring (bicyclic) bond motifs is 1. The number of aryl methyl sites for hydroxylation is 3. The van der Waals surface area contributed by atoms with Crippen LogP contribution in [0.3, 0.4) is 0 Å². The van der Waals surface area contributed by atoms with Gasteiger partial charge in [-0.3, -0.25) is 14.7 Å². The summed E-state index contributed by atoms with van der Waals surface area (Å²) >= 11 is 1.50. The minimum atomic E-state index is 0.00907. The van der Waals surface area contributed by atoms with Crippen molar-refractivity contribution in [2.45, 2.75) is 40.7 Å². The van der Waals surface area contributed by atoms with Gasteiger partial charge >= 0.3 is 0 Å². The molecule has 4 rings (SSSR count). The Labute approximate surface area is 192 Å². The van der Waals surface area contributed by atoms with E-state index in [0.717, 1.165) is 38.4 Å². The molecule has 0 spiro atoms. The Balaban J connectivity index is 1.70. The number of rotatable bonds is 7. The molecule has 0 aliphatic rings. The largest absolute Gasteiger partial charge is 0.494 e. The van der Waals surface area contributed by atoms with Gasteiger partial charge in [-0.15, -0.1) is 0 Å². The minimum absolute atomic E-state index is 0.00907. The van der Waals surface area contributed by atoms with Crippen molar-refractivity contribution in [1.29, 1.82) is 0 Å². The number of aromatic nitrogens is 2. The summed E-state index contributed by atoms with van der Waals surface area (Å²) in [5.41, 5.74) is 6.24. The molecule has 0 unspecified atom stereocenters. The normalized spacial score (nSPS) is 11.0. The number of ether oxygens (including phenoxy) is 1. The lowest BCUT2D eigenvalue weighted by molar-refractivity contribution is -0.118. The highest BCUT2D eigenvalue weighted by atomic mass is 32.1. The molecular weight excluding hydrogens is 418 g/mol. The van der Waals surface area contributed by atoms with Crippen LogP contribution in [-0.2, 0) is 17.8 Å². The average Bonchev–Trinajstić information content (AvgIpc) is 3.18. The van der Waals surface area contributed by atoms with Crippen LogP contribution in [0.25, 0.3) is 10.2 Å². The highest BCUT2D eigenvalue weighted by molar-refractivity contribution is 7.22. The van der Waals surface area contributed by atoms with Gasteiger partial charge in [-0.1, -0.05) is 35.1 Å². The predicted octanol–water partition coefficient (Wildman–Crippen LogP) is 5.79. The maximum atomic E-state index is 13.6. The van der Waals surface area contributed by atoms with Gasteiger partial charge in [-0.25, -0.2) is 4.98 Å². The molecule has 164 valence electrons. The Kier molecular flexibility index (Phi) is 6.51. The molecule has 2 aromatic carbocycles. The smallest absolute Gasteiger partial charge is 0.233 e. The summed E-state index contributed by atoms with van der Waals surface area (Å²) in [6.07, 6.45) is 2.07. The van der Waals surface area contributed by atoms with Gasteiger partial charge in [0.1, 0.15) is 5.75 Å². The fourth-order valence-corrected chi connectivity index (χ4v) is 4.93. The van der Waals surface area contributed by atoms with Gasteiger partial charge in [0.25, 0.3) is 0 Å². The standard InChI is InChI=1S/C26H27N3O2S/c1-5-31-21-9-10-23-24(14-21)32-26(28-23)29(16-20-8-6-7-11-27-20)25(30)15-22-18(3)12-17(2)13-19(22)4/h6-14H,5,15-16H2,1-4H3. The van der Waals surface area contributed by atoms with Crippen LogP contribution in [0.15, 0.2) is 54.7 Å². The minimum Gasteiger partial charge on any atom is -0.494 e. The second-order valence-corrected chi connectivity index (χ2v) is 8.92. The number of hydrogen-bond acceptors (Lipinski definition) is 5. The van der Waals surface area contributed by atoms with Crippen molar-refractivity contribution in [3.63, 3.8) is 0 Å². The molecule has 0 fully saturated rings. The van der Waals surface area contributed by atoms with E-state index in [2.05, 4.69) is 37.9 Å². The number of hydrogen-bond donors (Lipinski definition) is 0. The zero-order valence-electron chi connectivity index (χ0n) is 18.9. The highest BCUT2D eigenvalue weighted by Crippen LogP contribution is 2.33. The SMILES string of the molecule is CCOc1ccc2nc(N(Cc3ccccn3)C(=O)Cc3c(C)cc(C)cc3C)sc2c1. The molecule has 4 aromatic rings. The number of pyridine rings is 1. The van der Waals surface area contributed by atoms with E-state index in [9.17, 15) is 4.79 Å². The van der Waals surface area contributed by atoms with Crippen LogP contribution in [0.2, 0.25) is 0 Å². The van der Waals surface area contributed by atoms with Crippen LogP contribution in [0, 0.1) is 20.8 Å². The Morgan fingerprint density at radius 3 is 2.53 bits per heavy atom. The quantitative estimate of drug-likeness (QED) is 0.361. The van der Waals surface area contributed by atoms with E-state index >= 15 is 0 Å². The third kappa shape index (κ3) is 4.81. The zero-order valence-corrected chi connectivity index (χ0v) is 19.7. The van der Waals surface area contributed by atoms with Crippen molar-refractivity contribution in [2.24, 2.45) is 0 Å². The molecule has 2 heterocycles. The van der Waals surface area contributed by atoms with E-state index in [4.69, 9.17) is 9.72 Å². The molecule has 0 atom stereocenters. The molecule has 0 N–H and O–H groups in total. The van der Waals surface area contributed by atoms with Crippen molar-refractivity contribution in [2.75, 3.05) is 11.5 Å². The van der Waals surface area contributed by atoms with Crippen LogP contribution < -0.4 is 9.64 Å². The summed E-state index contributed by atoms with van der Waals surface area (Å²) in [5.74, 6) is 0.818. The van der Waals surface area contributed by atoms with Crippen molar-refractivity contribution in [3.8, 4) is 5.75 Å². The lowest BCUT2D eigenvalue weighted by Gasteiger charge is -2.21. The van der Waals surface area contributed by atoms with Crippen LogP contribution >= 0.6 is 11.3 Å². The zero-order chi connectivity index (χ0) is 22.7. The Morgan fingerprint density at radius 2 is 1.84 bits per heavy atom.